The van der Waals surface area contributed by atoms with E-state index < -0.39 is 0 Å². The van der Waals surface area contributed by atoms with Gasteiger partial charge in [0.25, 0.3) is 0 Å². The van der Waals surface area contributed by atoms with Crippen LogP contribution in [0.25, 0.3) is 0 Å². The van der Waals surface area contributed by atoms with Crippen molar-refractivity contribution in [2.24, 2.45) is 0 Å². The Bertz CT molecular complexity index is 342. The first kappa shape index (κ1) is 32.7. The third-order valence-electron chi connectivity index (χ3n) is 7.37. The van der Waals surface area contributed by atoms with E-state index in [1.807, 2.05) is 0 Å². The zero-order valence-corrected chi connectivity index (χ0v) is 23.7. The van der Waals surface area contributed by atoms with Gasteiger partial charge in [0, 0.05) is 0 Å². The molecule has 33 heavy (non-hydrogen) atoms. The van der Waals surface area contributed by atoms with Gasteiger partial charge in [0.2, 0.25) is 0 Å². The van der Waals surface area contributed by atoms with Gasteiger partial charge >= 0.3 is 0 Å². The minimum atomic E-state index is 1.31. The van der Waals surface area contributed by atoms with Crippen LogP contribution in [0.4, 0.5) is 0 Å². The molecule has 0 nitrogen and oxygen atoms in total. The third-order valence-corrected chi connectivity index (χ3v) is 7.37. The maximum atomic E-state index is 2.44. The fourth-order valence-corrected chi connectivity index (χ4v) is 4.97. The van der Waals surface area contributed by atoms with Gasteiger partial charge in [0.1, 0.15) is 0 Å². The second-order valence-electron chi connectivity index (χ2n) is 10.9. The highest BCUT2D eigenvalue weighted by atomic mass is 14.0. The molecule has 0 atom stereocenters. The summed E-state index contributed by atoms with van der Waals surface area (Å²) in [5.41, 5.74) is 0. The van der Waals surface area contributed by atoms with Crippen LogP contribution in [0.2, 0.25) is 0 Å². The summed E-state index contributed by atoms with van der Waals surface area (Å²) in [6, 6.07) is 0. The van der Waals surface area contributed by atoms with Crippen molar-refractivity contribution < 1.29 is 0 Å². The van der Waals surface area contributed by atoms with Crippen molar-refractivity contribution in [3.8, 4) is 0 Å². The maximum absolute atomic E-state index is 2.44. The van der Waals surface area contributed by atoms with Crippen molar-refractivity contribution in [1.82, 2.24) is 0 Å². The van der Waals surface area contributed by atoms with E-state index in [9.17, 15) is 0 Å². The zero-order valence-electron chi connectivity index (χ0n) is 23.7. The van der Waals surface area contributed by atoms with Gasteiger partial charge in [-0.1, -0.05) is 187 Å². The molecule has 0 rings (SSSR count). The quantitative estimate of drug-likeness (QED) is 0.0765. The molecule has 0 spiro atoms. The Hall–Kier alpha value is -0.260. The molecule has 0 aliphatic heterocycles. The lowest BCUT2D eigenvalue weighted by Crippen LogP contribution is -1.84. The second-order valence-corrected chi connectivity index (χ2v) is 10.9. The lowest BCUT2D eigenvalue weighted by Gasteiger charge is -2.04. The van der Waals surface area contributed by atoms with E-state index in [1.165, 1.54) is 186 Å². The van der Waals surface area contributed by atoms with Crippen LogP contribution in [0.3, 0.4) is 0 Å². The summed E-state index contributed by atoms with van der Waals surface area (Å²) in [5.74, 6) is 0. The van der Waals surface area contributed by atoms with E-state index in [4.69, 9.17) is 0 Å². The largest absolute Gasteiger partial charge is 0.0885 e. The molecule has 0 unspecified atom stereocenters. The van der Waals surface area contributed by atoms with E-state index in [0.717, 1.165) is 0 Å². The predicted octanol–water partition coefficient (Wildman–Crippen LogP) is 12.9. The molecule has 0 heteroatoms. The molecular formula is C33H66. The van der Waals surface area contributed by atoms with Crippen LogP contribution < -0.4 is 0 Å². The number of allylic oxidation sites excluding steroid dienone is 2. The highest BCUT2D eigenvalue weighted by Crippen LogP contribution is 2.15. The Kier molecular flexibility index (Phi) is 31.5. The van der Waals surface area contributed by atoms with Crippen LogP contribution in [-0.2, 0) is 0 Å². The van der Waals surface area contributed by atoms with Crippen LogP contribution >= 0.6 is 0 Å². The van der Waals surface area contributed by atoms with Gasteiger partial charge < -0.3 is 0 Å². The van der Waals surface area contributed by atoms with Crippen molar-refractivity contribution in [2.45, 2.75) is 200 Å². The lowest BCUT2D eigenvalue weighted by atomic mass is 10.0. The molecule has 0 aromatic rings. The minimum absolute atomic E-state index is 1.31. The van der Waals surface area contributed by atoms with Crippen LogP contribution in [0.1, 0.15) is 200 Å². The van der Waals surface area contributed by atoms with E-state index in [0.29, 0.717) is 0 Å². The first-order valence-electron chi connectivity index (χ1n) is 16.1. The van der Waals surface area contributed by atoms with Gasteiger partial charge in [-0.3, -0.25) is 0 Å². The van der Waals surface area contributed by atoms with Gasteiger partial charge in [-0.05, 0) is 25.7 Å². The summed E-state index contributed by atoms with van der Waals surface area (Å²) in [5, 5.41) is 0. The van der Waals surface area contributed by atoms with Crippen LogP contribution in [0.5, 0.6) is 0 Å². The van der Waals surface area contributed by atoms with Crippen molar-refractivity contribution in [1.29, 1.82) is 0 Å². The molecule has 0 radical (unpaired) electrons. The van der Waals surface area contributed by atoms with E-state index in [-0.39, 0.29) is 0 Å². The Morgan fingerprint density at radius 2 is 0.424 bits per heavy atom. The monoisotopic (exact) mass is 463 g/mol. The van der Waals surface area contributed by atoms with Crippen LogP contribution in [0, 0.1) is 0 Å². The second kappa shape index (κ2) is 31.7. The summed E-state index contributed by atoms with van der Waals surface area (Å²) in [6.45, 7) is 4.60. The molecule has 0 aliphatic rings. The molecule has 0 aromatic heterocycles. The average molecular weight is 463 g/mol. The normalized spacial score (nSPS) is 11.7. The third kappa shape index (κ3) is 31.7. The molecule has 0 amide bonds. The smallest absolute Gasteiger partial charge is 0.0351 e. The van der Waals surface area contributed by atoms with Gasteiger partial charge in [-0.25, -0.2) is 0 Å². The Morgan fingerprint density at radius 1 is 0.242 bits per heavy atom. The summed E-state index contributed by atoms with van der Waals surface area (Å²) >= 11 is 0. The number of hydrogen-bond donors (Lipinski definition) is 0. The van der Waals surface area contributed by atoms with Crippen molar-refractivity contribution in [2.75, 3.05) is 0 Å². The molecule has 0 aromatic carbocycles. The summed E-state index contributed by atoms with van der Waals surface area (Å²) in [4.78, 5) is 0. The highest BCUT2D eigenvalue weighted by Gasteiger charge is 1.96. The minimum Gasteiger partial charge on any atom is -0.0885 e. The van der Waals surface area contributed by atoms with Gasteiger partial charge in [-0.15, -0.1) is 0 Å². The van der Waals surface area contributed by atoms with Gasteiger partial charge in [0.05, 0.1) is 0 Å². The molecule has 0 bridgehead atoms. The number of hydrogen-bond acceptors (Lipinski definition) is 0. The first-order valence-corrected chi connectivity index (χ1v) is 16.1. The molecular weight excluding hydrogens is 396 g/mol. The Labute approximate surface area is 212 Å². The SMILES string of the molecule is CCCCCCC/C=C\CCCCCCCCCCCCCCCCCCCCCCCC. The van der Waals surface area contributed by atoms with Crippen molar-refractivity contribution in [3.05, 3.63) is 12.2 Å². The summed E-state index contributed by atoms with van der Waals surface area (Å²) in [6.07, 6.45) is 46.9. The van der Waals surface area contributed by atoms with E-state index in [2.05, 4.69) is 26.0 Å². The average Bonchev–Trinajstić information content (AvgIpc) is 2.83. The number of rotatable bonds is 29. The lowest BCUT2D eigenvalue weighted by molar-refractivity contribution is 0.519. The topological polar surface area (TPSA) is 0 Å². The molecule has 0 aliphatic carbocycles. The van der Waals surface area contributed by atoms with E-state index in [1.54, 1.807) is 0 Å². The predicted molar refractivity (Wildman–Crippen MR) is 154 cm³/mol. The fraction of sp³-hybridized carbons (Fsp3) is 0.939. The molecule has 0 saturated carbocycles. The van der Waals surface area contributed by atoms with Crippen LogP contribution in [0.15, 0.2) is 12.2 Å². The Morgan fingerprint density at radius 3 is 0.636 bits per heavy atom. The molecule has 198 valence electrons. The zero-order chi connectivity index (χ0) is 23.9. The summed E-state index contributed by atoms with van der Waals surface area (Å²) in [7, 11) is 0. The molecule has 0 saturated heterocycles. The van der Waals surface area contributed by atoms with Crippen LogP contribution in [-0.4, -0.2) is 0 Å². The molecule has 0 fully saturated rings. The fourth-order valence-electron chi connectivity index (χ4n) is 4.97. The summed E-state index contributed by atoms with van der Waals surface area (Å²) < 4.78 is 0. The van der Waals surface area contributed by atoms with Crippen molar-refractivity contribution >= 4 is 0 Å². The maximum Gasteiger partial charge on any atom is -0.0351 e. The standard InChI is InChI=1S/C33H66/c1-3-5-7-9-11-13-15-17-19-21-23-25-27-29-31-33-32-30-28-26-24-22-20-18-16-14-12-10-8-6-4-2/h15,17H,3-14,16,18-33H2,1-2H3/b17-15-. The Balaban J connectivity index is 3.04. The highest BCUT2D eigenvalue weighted by molar-refractivity contribution is 4.81. The molecule has 0 heterocycles. The van der Waals surface area contributed by atoms with Gasteiger partial charge in [0.15, 0.2) is 0 Å². The van der Waals surface area contributed by atoms with Crippen molar-refractivity contribution in [3.63, 3.8) is 0 Å². The van der Waals surface area contributed by atoms with E-state index >= 15 is 0 Å². The van der Waals surface area contributed by atoms with Gasteiger partial charge in [-0.2, -0.15) is 0 Å². The first-order chi connectivity index (χ1) is 16.4. The molecule has 0 N–H and O–H groups in total. The number of unbranched alkanes of at least 4 members (excludes halogenated alkanes) is 27.